The van der Waals surface area contributed by atoms with Gasteiger partial charge in [-0.05, 0) is 19.1 Å². The van der Waals surface area contributed by atoms with Crippen molar-refractivity contribution in [2.75, 3.05) is 6.61 Å². The van der Waals surface area contributed by atoms with Crippen molar-refractivity contribution in [2.45, 2.75) is 19.8 Å². The largest absolute Gasteiger partial charge is 0.466 e. The molecule has 1 heterocycles. The number of hydrogen-bond donors (Lipinski definition) is 0. The Balaban J connectivity index is 2.42. The van der Waals surface area contributed by atoms with Crippen molar-refractivity contribution < 1.29 is 9.53 Å². The van der Waals surface area contributed by atoms with Gasteiger partial charge in [0.1, 0.15) is 11.7 Å². The molecule has 0 spiro atoms. The molecule has 2 atom stereocenters. The number of aryl methyl sites for hydroxylation is 1. The second-order valence-electron chi connectivity index (χ2n) is 4.67. The maximum absolute atomic E-state index is 11.8. The summed E-state index contributed by atoms with van der Waals surface area (Å²) in [6.07, 6.45) is 0. The van der Waals surface area contributed by atoms with Crippen molar-refractivity contribution >= 4 is 17.0 Å². The first kappa shape index (κ1) is 14.1. The fourth-order valence-electron chi connectivity index (χ4n) is 2.25. The highest BCUT2D eigenvalue weighted by Gasteiger charge is 2.30. The van der Waals surface area contributed by atoms with Crippen molar-refractivity contribution in [3.05, 3.63) is 30.1 Å². The molecule has 2 rings (SSSR count). The number of carbonyl (C=O) groups is 1. The van der Waals surface area contributed by atoms with Gasteiger partial charge in [-0.25, -0.2) is 4.98 Å². The number of ether oxygens (including phenoxy) is 1. The lowest BCUT2D eigenvalue weighted by atomic mass is 9.94. The number of para-hydroxylation sites is 2. The van der Waals surface area contributed by atoms with Gasteiger partial charge in [0, 0.05) is 7.05 Å². The molecule has 0 fully saturated rings. The molecule has 5 heteroatoms. The molecule has 0 bridgehead atoms. The highest BCUT2D eigenvalue weighted by molar-refractivity contribution is 5.77. The van der Waals surface area contributed by atoms with E-state index in [1.54, 1.807) is 13.8 Å². The molecule has 0 saturated carbocycles. The number of benzene rings is 1. The van der Waals surface area contributed by atoms with E-state index in [0.717, 1.165) is 11.0 Å². The first-order chi connectivity index (χ1) is 9.60. The number of esters is 1. The summed E-state index contributed by atoms with van der Waals surface area (Å²) in [5.74, 6) is -0.942. The van der Waals surface area contributed by atoms with Crippen molar-refractivity contribution in [1.82, 2.24) is 9.55 Å². The summed E-state index contributed by atoms with van der Waals surface area (Å²) in [5.41, 5.74) is 1.76. The first-order valence-corrected chi connectivity index (χ1v) is 6.57. The predicted octanol–water partition coefficient (Wildman–Crippen LogP) is 2.38. The molecule has 20 heavy (non-hydrogen) atoms. The monoisotopic (exact) mass is 271 g/mol. The van der Waals surface area contributed by atoms with Crippen LogP contribution in [0.1, 0.15) is 25.6 Å². The zero-order valence-electron chi connectivity index (χ0n) is 11.8. The summed E-state index contributed by atoms with van der Waals surface area (Å²) in [6.45, 7) is 3.76. The van der Waals surface area contributed by atoms with Crippen LogP contribution < -0.4 is 0 Å². The van der Waals surface area contributed by atoms with Gasteiger partial charge in [-0.2, -0.15) is 5.26 Å². The Bertz CT molecular complexity index is 669. The maximum Gasteiger partial charge on any atom is 0.310 e. The molecule has 5 nitrogen and oxygen atoms in total. The zero-order chi connectivity index (χ0) is 14.7. The van der Waals surface area contributed by atoms with E-state index < -0.39 is 11.8 Å². The summed E-state index contributed by atoms with van der Waals surface area (Å²) in [6, 6.07) is 9.82. The van der Waals surface area contributed by atoms with E-state index in [-0.39, 0.29) is 5.97 Å². The molecule has 0 aliphatic carbocycles. The van der Waals surface area contributed by atoms with Crippen LogP contribution in [-0.4, -0.2) is 22.1 Å². The van der Waals surface area contributed by atoms with E-state index in [4.69, 9.17) is 4.74 Å². The third-order valence-corrected chi connectivity index (χ3v) is 3.40. The molecule has 0 radical (unpaired) electrons. The van der Waals surface area contributed by atoms with Gasteiger partial charge < -0.3 is 9.30 Å². The Hall–Kier alpha value is -2.35. The average molecular weight is 271 g/mol. The highest BCUT2D eigenvalue weighted by Crippen LogP contribution is 2.27. The van der Waals surface area contributed by atoms with Crippen LogP contribution in [0, 0.1) is 17.2 Å². The van der Waals surface area contributed by atoms with Gasteiger partial charge in [0.25, 0.3) is 0 Å². The van der Waals surface area contributed by atoms with Gasteiger partial charge in [-0.15, -0.1) is 0 Å². The van der Waals surface area contributed by atoms with E-state index in [2.05, 4.69) is 11.1 Å². The third kappa shape index (κ3) is 2.37. The molecule has 104 valence electrons. The minimum Gasteiger partial charge on any atom is -0.466 e. The molecule has 0 amide bonds. The van der Waals surface area contributed by atoms with Crippen LogP contribution in [0.15, 0.2) is 24.3 Å². The number of imidazole rings is 1. The number of nitriles is 1. The summed E-state index contributed by atoms with van der Waals surface area (Å²) in [4.78, 5) is 16.3. The van der Waals surface area contributed by atoms with E-state index in [0.29, 0.717) is 12.4 Å². The molecule has 2 aromatic rings. The lowest BCUT2D eigenvalue weighted by Crippen LogP contribution is -2.23. The van der Waals surface area contributed by atoms with E-state index in [1.165, 1.54) is 0 Å². The number of hydrogen-bond acceptors (Lipinski definition) is 4. The Kier molecular flexibility index (Phi) is 4.04. The third-order valence-electron chi connectivity index (χ3n) is 3.40. The van der Waals surface area contributed by atoms with Crippen LogP contribution in [-0.2, 0) is 16.6 Å². The normalized spacial score (nSPS) is 13.7. The Morgan fingerprint density at radius 1 is 1.50 bits per heavy atom. The topological polar surface area (TPSA) is 67.9 Å². The Labute approximate surface area is 117 Å². The minimum absolute atomic E-state index is 0.309. The van der Waals surface area contributed by atoms with Gasteiger partial charge in [-0.1, -0.05) is 19.1 Å². The molecule has 0 aliphatic heterocycles. The molecule has 0 saturated heterocycles. The lowest BCUT2D eigenvalue weighted by Gasteiger charge is -2.15. The minimum atomic E-state index is -0.619. The number of nitrogens with zero attached hydrogens (tertiary/aromatic N) is 3. The number of fused-ring (bicyclic) bond motifs is 1. The van der Waals surface area contributed by atoms with Crippen LogP contribution in [0.25, 0.3) is 11.0 Å². The fourth-order valence-corrected chi connectivity index (χ4v) is 2.25. The van der Waals surface area contributed by atoms with Gasteiger partial charge in [-0.3, -0.25) is 4.79 Å². The van der Waals surface area contributed by atoms with E-state index in [1.807, 2.05) is 35.9 Å². The molecule has 0 unspecified atom stereocenters. The van der Waals surface area contributed by atoms with Gasteiger partial charge in [0.05, 0.1) is 29.6 Å². The van der Waals surface area contributed by atoms with E-state index in [9.17, 15) is 10.1 Å². The number of carbonyl (C=O) groups excluding carboxylic acids is 1. The summed E-state index contributed by atoms with van der Waals surface area (Å²) < 4.78 is 6.85. The Morgan fingerprint density at radius 2 is 2.20 bits per heavy atom. The van der Waals surface area contributed by atoms with Crippen LogP contribution in [0.2, 0.25) is 0 Å². The number of aromatic nitrogens is 2. The van der Waals surface area contributed by atoms with Crippen LogP contribution in [0.4, 0.5) is 0 Å². The van der Waals surface area contributed by atoms with Crippen molar-refractivity contribution in [3.63, 3.8) is 0 Å². The summed E-state index contributed by atoms with van der Waals surface area (Å²) in [5, 5.41) is 9.41. The van der Waals surface area contributed by atoms with Crippen molar-refractivity contribution in [2.24, 2.45) is 13.0 Å². The second kappa shape index (κ2) is 5.74. The summed E-state index contributed by atoms with van der Waals surface area (Å²) >= 11 is 0. The second-order valence-corrected chi connectivity index (χ2v) is 4.67. The molecule has 1 aromatic heterocycles. The Morgan fingerprint density at radius 3 is 2.80 bits per heavy atom. The van der Waals surface area contributed by atoms with Gasteiger partial charge in [0.15, 0.2) is 0 Å². The molecular formula is C15H17N3O2. The standard InChI is InChI=1S/C15H17N3O2/c1-4-20-15(19)10(2)11(9-16)14-17-12-7-5-6-8-13(12)18(14)3/h5-8,10-11H,4H2,1-3H3/t10-,11-/m0/s1. The zero-order valence-corrected chi connectivity index (χ0v) is 11.8. The SMILES string of the molecule is CCOC(=O)[C@@H](C)[C@H](C#N)c1nc2ccccc2n1C. The fraction of sp³-hybridized carbons (Fsp3) is 0.400. The van der Waals surface area contributed by atoms with Crippen LogP contribution in [0.3, 0.4) is 0 Å². The van der Waals surface area contributed by atoms with Crippen LogP contribution in [0.5, 0.6) is 0 Å². The average Bonchev–Trinajstić information content (AvgIpc) is 2.78. The number of rotatable bonds is 4. The maximum atomic E-state index is 11.8. The van der Waals surface area contributed by atoms with E-state index >= 15 is 0 Å². The van der Waals surface area contributed by atoms with Gasteiger partial charge >= 0.3 is 5.97 Å². The van der Waals surface area contributed by atoms with Gasteiger partial charge in [0.2, 0.25) is 0 Å². The molecule has 0 N–H and O–H groups in total. The first-order valence-electron chi connectivity index (χ1n) is 6.57. The quantitative estimate of drug-likeness (QED) is 0.801. The predicted molar refractivity (Wildman–Crippen MR) is 74.9 cm³/mol. The molecule has 0 aliphatic rings. The molecular weight excluding hydrogens is 254 g/mol. The van der Waals surface area contributed by atoms with Crippen LogP contribution >= 0.6 is 0 Å². The smallest absolute Gasteiger partial charge is 0.310 e. The van der Waals surface area contributed by atoms with Crippen molar-refractivity contribution in [3.8, 4) is 6.07 Å². The highest BCUT2D eigenvalue weighted by atomic mass is 16.5. The lowest BCUT2D eigenvalue weighted by molar-refractivity contribution is -0.147. The van der Waals surface area contributed by atoms with Crippen molar-refractivity contribution in [1.29, 1.82) is 5.26 Å². The summed E-state index contributed by atoms with van der Waals surface area (Å²) in [7, 11) is 1.85. The molecule has 1 aromatic carbocycles.